The molecule has 1 aromatic heterocycles. The Balaban J connectivity index is 1.93. The SMILES string of the molecule is CCOC(=O)c1ccc(OCc2cccs2)cc1. The van der Waals surface area contributed by atoms with Gasteiger partial charge in [0.2, 0.25) is 0 Å². The van der Waals surface area contributed by atoms with Crippen LogP contribution in [0.3, 0.4) is 0 Å². The van der Waals surface area contributed by atoms with Crippen molar-refractivity contribution in [3.8, 4) is 5.75 Å². The Morgan fingerprint density at radius 2 is 2.00 bits per heavy atom. The number of thiophene rings is 1. The molecule has 3 nitrogen and oxygen atoms in total. The number of carbonyl (C=O) groups is 1. The monoisotopic (exact) mass is 262 g/mol. The third-order valence-electron chi connectivity index (χ3n) is 2.33. The van der Waals surface area contributed by atoms with Gasteiger partial charge in [0.15, 0.2) is 0 Å². The first-order chi connectivity index (χ1) is 8.79. The van der Waals surface area contributed by atoms with Crippen LogP contribution in [0.25, 0.3) is 0 Å². The van der Waals surface area contributed by atoms with Gasteiger partial charge >= 0.3 is 5.97 Å². The van der Waals surface area contributed by atoms with E-state index >= 15 is 0 Å². The van der Waals surface area contributed by atoms with Crippen LogP contribution in [0.1, 0.15) is 22.2 Å². The molecule has 1 heterocycles. The van der Waals surface area contributed by atoms with Crippen molar-refractivity contribution in [2.24, 2.45) is 0 Å². The highest BCUT2D eigenvalue weighted by atomic mass is 32.1. The fraction of sp³-hybridized carbons (Fsp3) is 0.214. The smallest absolute Gasteiger partial charge is 0.338 e. The Hall–Kier alpha value is -1.81. The average Bonchev–Trinajstić information content (AvgIpc) is 2.90. The van der Waals surface area contributed by atoms with E-state index in [9.17, 15) is 4.79 Å². The van der Waals surface area contributed by atoms with Crippen molar-refractivity contribution in [3.63, 3.8) is 0 Å². The molecule has 0 N–H and O–H groups in total. The Kier molecular flexibility index (Phi) is 4.36. The van der Waals surface area contributed by atoms with Gasteiger partial charge in [-0.25, -0.2) is 4.79 Å². The minimum atomic E-state index is -0.303. The number of benzene rings is 1. The highest BCUT2D eigenvalue weighted by Crippen LogP contribution is 2.16. The van der Waals surface area contributed by atoms with Gasteiger partial charge in [-0.05, 0) is 42.6 Å². The van der Waals surface area contributed by atoms with Crippen LogP contribution in [0.15, 0.2) is 41.8 Å². The third kappa shape index (κ3) is 3.34. The molecule has 0 spiro atoms. The summed E-state index contributed by atoms with van der Waals surface area (Å²) >= 11 is 1.66. The number of rotatable bonds is 5. The predicted molar refractivity (Wildman–Crippen MR) is 71.0 cm³/mol. The average molecular weight is 262 g/mol. The zero-order valence-electron chi connectivity index (χ0n) is 10.1. The molecule has 1 aromatic carbocycles. The van der Waals surface area contributed by atoms with Crippen molar-refractivity contribution in [2.75, 3.05) is 6.61 Å². The highest BCUT2D eigenvalue weighted by Gasteiger charge is 2.05. The second-order valence-electron chi connectivity index (χ2n) is 3.61. The molecule has 4 heteroatoms. The molecule has 0 saturated carbocycles. The van der Waals surface area contributed by atoms with Crippen molar-refractivity contribution in [1.82, 2.24) is 0 Å². The molecule has 0 atom stereocenters. The van der Waals surface area contributed by atoms with E-state index in [0.29, 0.717) is 18.8 Å². The summed E-state index contributed by atoms with van der Waals surface area (Å²) in [6.07, 6.45) is 0. The van der Waals surface area contributed by atoms with Crippen LogP contribution < -0.4 is 4.74 Å². The number of hydrogen-bond acceptors (Lipinski definition) is 4. The quantitative estimate of drug-likeness (QED) is 0.774. The lowest BCUT2D eigenvalue weighted by Crippen LogP contribution is -2.04. The maximum atomic E-state index is 11.4. The Bertz CT molecular complexity index is 488. The topological polar surface area (TPSA) is 35.5 Å². The Morgan fingerprint density at radius 3 is 2.61 bits per heavy atom. The van der Waals surface area contributed by atoms with Crippen molar-refractivity contribution in [3.05, 3.63) is 52.2 Å². The van der Waals surface area contributed by atoms with Crippen molar-refractivity contribution in [1.29, 1.82) is 0 Å². The molecule has 94 valence electrons. The maximum Gasteiger partial charge on any atom is 0.338 e. The first-order valence-electron chi connectivity index (χ1n) is 5.72. The molecule has 0 radical (unpaired) electrons. The lowest BCUT2D eigenvalue weighted by molar-refractivity contribution is 0.0526. The van der Waals surface area contributed by atoms with Gasteiger partial charge in [-0.15, -0.1) is 11.3 Å². The summed E-state index contributed by atoms with van der Waals surface area (Å²) < 4.78 is 10.5. The molecule has 0 bridgehead atoms. The van der Waals surface area contributed by atoms with Crippen molar-refractivity contribution < 1.29 is 14.3 Å². The van der Waals surface area contributed by atoms with Gasteiger partial charge in [0.1, 0.15) is 12.4 Å². The third-order valence-corrected chi connectivity index (χ3v) is 3.18. The van der Waals surface area contributed by atoms with Crippen LogP contribution in [0.2, 0.25) is 0 Å². The van der Waals surface area contributed by atoms with Gasteiger partial charge in [-0.2, -0.15) is 0 Å². The molecule has 2 rings (SSSR count). The van der Waals surface area contributed by atoms with E-state index in [1.165, 1.54) is 4.88 Å². The van der Waals surface area contributed by atoms with Gasteiger partial charge in [-0.3, -0.25) is 0 Å². The van der Waals surface area contributed by atoms with Crippen LogP contribution in [-0.2, 0) is 11.3 Å². The molecule has 0 aliphatic heterocycles. The van der Waals surface area contributed by atoms with Crippen LogP contribution in [0.4, 0.5) is 0 Å². The van der Waals surface area contributed by atoms with Gasteiger partial charge in [-0.1, -0.05) is 6.07 Å². The zero-order valence-corrected chi connectivity index (χ0v) is 10.9. The van der Waals surface area contributed by atoms with E-state index in [1.54, 1.807) is 42.5 Å². The maximum absolute atomic E-state index is 11.4. The van der Waals surface area contributed by atoms with E-state index < -0.39 is 0 Å². The second kappa shape index (κ2) is 6.21. The largest absolute Gasteiger partial charge is 0.488 e. The van der Waals surface area contributed by atoms with E-state index in [4.69, 9.17) is 9.47 Å². The second-order valence-corrected chi connectivity index (χ2v) is 4.65. The number of ether oxygens (including phenoxy) is 2. The molecule has 0 unspecified atom stereocenters. The van der Waals surface area contributed by atoms with Crippen molar-refractivity contribution in [2.45, 2.75) is 13.5 Å². The van der Waals surface area contributed by atoms with Crippen molar-refractivity contribution >= 4 is 17.3 Å². The van der Waals surface area contributed by atoms with E-state index in [1.807, 2.05) is 17.5 Å². The molecule has 0 amide bonds. The summed E-state index contributed by atoms with van der Waals surface area (Å²) in [6, 6.07) is 11.0. The van der Waals surface area contributed by atoms with E-state index in [-0.39, 0.29) is 5.97 Å². The molecular weight excluding hydrogens is 248 g/mol. The summed E-state index contributed by atoms with van der Waals surface area (Å²) in [5.41, 5.74) is 0.542. The van der Waals surface area contributed by atoms with Crippen LogP contribution in [-0.4, -0.2) is 12.6 Å². The molecule has 0 saturated heterocycles. The number of esters is 1. The summed E-state index contributed by atoms with van der Waals surface area (Å²) in [6.45, 7) is 2.72. The summed E-state index contributed by atoms with van der Waals surface area (Å²) in [7, 11) is 0. The molecule has 2 aromatic rings. The number of hydrogen-bond donors (Lipinski definition) is 0. The highest BCUT2D eigenvalue weighted by molar-refractivity contribution is 7.09. The van der Waals surface area contributed by atoms with Crippen LogP contribution >= 0.6 is 11.3 Å². The van der Waals surface area contributed by atoms with E-state index in [0.717, 1.165) is 5.75 Å². The van der Waals surface area contributed by atoms with Gasteiger partial charge in [0, 0.05) is 4.88 Å². The first kappa shape index (κ1) is 12.6. The normalized spacial score (nSPS) is 10.1. The fourth-order valence-electron chi connectivity index (χ4n) is 1.45. The van der Waals surface area contributed by atoms with Crippen LogP contribution in [0, 0.1) is 0 Å². The standard InChI is InChI=1S/C14H14O3S/c1-2-16-14(15)11-5-7-12(8-6-11)17-10-13-4-3-9-18-13/h3-9H,2,10H2,1H3. The Morgan fingerprint density at radius 1 is 1.22 bits per heavy atom. The van der Waals surface area contributed by atoms with Gasteiger partial charge in [0.25, 0.3) is 0 Å². The minimum Gasteiger partial charge on any atom is -0.488 e. The van der Waals surface area contributed by atoms with Gasteiger partial charge < -0.3 is 9.47 Å². The number of carbonyl (C=O) groups excluding carboxylic acids is 1. The molecule has 0 aliphatic rings. The molecule has 18 heavy (non-hydrogen) atoms. The summed E-state index contributed by atoms with van der Waals surface area (Å²) in [4.78, 5) is 12.6. The minimum absolute atomic E-state index is 0.303. The van der Waals surface area contributed by atoms with Crippen LogP contribution in [0.5, 0.6) is 5.75 Å². The molecular formula is C14H14O3S. The summed E-state index contributed by atoms with van der Waals surface area (Å²) in [5.74, 6) is 0.443. The Labute approximate surface area is 110 Å². The van der Waals surface area contributed by atoms with Gasteiger partial charge in [0.05, 0.1) is 12.2 Å². The lowest BCUT2D eigenvalue weighted by Gasteiger charge is -2.06. The summed E-state index contributed by atoms with van der Waals surface area (Å²) in [5, 5.41) is 2.02. The molecule has 0 fully saturated rings. The van der Waals surface area contributed by atoms with E-state index in [2.05, 4.69) is 0 Å². The predicted octanol–water partition coefficient (Wildman–Crippen LogP) is 3.50. The lowest BCUT2D eigenvalue weighted by atomic mass is 10.2. The zero-order chi connectivity index (χ0) is 12.8. The fourth-order valence-corrected chi connectivity index (χ4v) is 2.07. The molecule has 0 aliphatic carbocycles. The first-order valence-corrected chi connectivity index (χ1v) is 6.60.